The number of benzene rings is 3. The maximum atomic E-state index is 14.5. The first-order chi connectivity index (χ1) is 20.1. The van der Waals surface area contributed by atoms with E-state index >= 15 is 0 Å². The molecule has 1 fully saturated rings. The molecular formula is C33H35FIrNO2-. The van der Waals surface area contributed by atoms with E-state index < -0.39 is 13.7 Å². The van der Waals surface area contributed by atoms with Gasteiger partial charge >= 0.3 is 0 Å². The Hall–Kier alpha value is -2.88. The molecule has 1 aromatic heterocycles. The Morgan fingerprint density at radius 2 is 1.89 bits per heavy atom. The summed E-state index contributed by atoms with van der Waals surface area (Å²) in [7, 11) is 0. The van der Waals surface area contributed by atoms with Crippen LogP contribution < -0.4 is 0 Å². The van der Waals surface area contributed by atoms with Gasteiger partial charge in [-0.25, -0.2) is 4.39 Å². The predicted octanol–water partition coefficient (Wildman–Crippen LogP) is 8.94. The number of aromatic nitrogens is 1. The third kappa shape index (κ3) is 6.76. The molecule has 201 valence electrons. The number of carbonyl (C=O) groups excluding carboxylic acids is 1. The SMILES string of the molecule is CC(=O)/C=C(/C)O.[2H]C([2H])([2H])c1[c-]c(-c2nccc3cc(C(C)C4CCCC4)c4cc(F)ccc4c23)cc(C([2H])([2H])[2H])c1.[Ir]. The number of aliphatic hydroxyl groups excluding tert-OH is 1. The minimum Gasteiger partial charge on any atom is -0.512 e. The molecule has 0 amide bonds. The Morgan fingerprint density at radius 1 is 1.13 bits per heavy atom. The van der Waals surface area contributed by atoms with E-state index in [0.29, 0.717) is 17.2 Å². The Kier molecular flexibility index (Phi) is 7.39. The van der Waals surface area contributed by atoms with Crippen molar-refractivity contribution < 1.29 is 42.6 Å². The normalized spacial score (nSPS) is 17.6. The molecule has 0 saturated heterocycles. The molecule has 1 unspecified atom stereocenters. The molecule has 1 saturated carbocycles. The number of hydrogen-bond acceptors (Lipinski definition) is 3. The fourth-order valence-electron chi connectivity index (χ4n) is 5.38. The van der Waals surface area contributed by atoms with Gasteiger partial charge in [0.15, 0.2) is 5.78 Å². The van der Waals surface area contributed by atoms with Gasteiger partial charge in [0.2, 0.25) is 0 Å². The Bertz CT molecular complexity index is 1660. The zero-order valence-corrected chi connectivity index (χ0v) is 24.1. The molecule has 3 nitrogen and oxygen atoms in total. The van der Waals surface area contributed by atoms with Gasteiger partial charge < -0.3 is 10.1 Å². The molecule has 1 atom stereocenters. The number of nitrogens with zero attached hydrogens (tertiary/aromatic N) is 1. The predicted molar refractivity (Wildman–Crippen MR) is 150 cm³/mol. The van der Waals surface area contributed by atoms with Crippen molar-refractivity contribution in [1.82, 2.24) is 4.98 Å². The molecule has 5 rings (SSSR count). The van der Waals surface area contributed by atoms with E-state index in [2.05, 4.69) is 24.0 Å². The van der Waals surface area contributed by atoms with Gasteiger partial charge in [-0.1, -0.05) is 45.6 Å². The number of pyridine rings is 1. The first-order valence-corrected chi connectivity index (χ1v) is 12.5. The maximum absolute atomic E-state index is 14.5. The van der Waals surface area contributed by atoms with Crippen molar-refractivity contribution in [3.05, 3.63) is 89.1 Å². The van der Waals surface area contributed by atoms with Gasteiger partial charge in [-0.05, 0) is 89.5 Å². The van der Waals surface area contributed by atoms with Crippen LogP contribution in [0.5, 0.6) is 0 Å². The minimum absolute atomic E-state index is 0. The van der Waals surface area contributed by atoms with Crippen LogP contribution in [-0.2, 0) is 24.9 Å². The molecule has 1 heterocycles. The number of aliphatic hydroxyl groups is 1. The van der Waals surface area contributed by atoms with E-state index in [1.165, 1.54) is 51.0 Å². The molecule has 0 aliphatic heterocycles. The van der Waals surface area contributed by atoms with E-state index in [0.717, 1.165) is 39.9 Å². The Morgan fingerprint density at radius 3 is 2.53 bits per heavy atom. The second-order valence-corrected chi connectivity index (χ2v) is 9.84. The van der Waals surface area contributed by atoms with Crippen LogP contribution in [0.25, 0.3) is 32.8 Å². The number of rotatable bonds is 4. The number of carbonyl (C=O) groups is 1. The summed E-state index contributed by atoms with van der Waals surface area (Å²) in [5, 5.41) is 11.6. The number of fused-ring (bicyclic) bond motifs is 3. The van der Waals surface area contributed by atoms with E-state index in [9.17, 15) is 9.18 Å². The number of hydrogen-bond donors (Lipinski definition) is 1. The summed E-state index contributed by atoms with van der Waals surface area (Å²) in [6, 6.07) is 14.2. The van der Waals surface area contributed by atoms with Crippen LogP contribution >= 0.6 is 0 Å². The molecule has 0 spiro atoms. The van der Waals surface area contributed by atoms with Crippen LogP contribution in [-0.4, -0.2) is 15.9 Å². The molecular weight excluding hydrogens is 654 g/mol. The number of aryl methyl sites for hydroxylation is 2. The van der Waals surface area contributed by atoms with Crippen LogP contribution in [0.15, 0.2) is 60.5 Å². The van der Waals surface area contributed by atoms with Gasteiger partial charge in [0.1, 0.15) is 5.82 Å². The summed E-state index contributed by atoms with van der Waals surface area (Å²) >= 11 is 0. The van der Waals surface area contributed by atoms with Crippen LogP contribution in [0.3, 0.4) is 0 Å². The van der Waals surface area contributed by atoms with Gasteiger partial charge in [-0.2, -0.15) is 0 Å². The zero-order valence-electron chi connectivity index (χ0n) is 27.7. The van der Waals surface area contributed by atoms with Gasteiger partial charge in [0.05, 0.1) is 5.76 Å². The minimum atomic E-state index is -2.53. The van der Waals surface area contributed by atoms with Crippen molar-refractivity contribution in [2.75, 3.05) is 0 Å². The molecule has 0 bridgehead atoms. The molecule has 3 aromatic carbocycles. The fraction of sp³-hybridized carbons (Fsp3) is 0.333. The van der Waals surface area contributed by atoms with E-state index in [1.54, 1.807) is 18.3 Å². The number of allylic oxidation sites excluding steroid dienone is 2. The Balaban J connectivity index is 0.000000594. The van der Waals surface area contributed by atoms with Crippen molar-refractivity contribution in [3.63, 3.8) is 0 Å². The van der Waals surface area contributed by atoms with Gasteiger partial charge in [-0.3, -0.25) is 4.79 Å². The second kappa shape index (κ2) is 12.8. The van der Waals surface area contributed by atoms with Crippen molar-refractivity contribution in [1.29, 1.82) is 0 Å². The van der Waals surface area contributed by atoms with Gasteiger partial charge in [-0.15, -0.1) is 34.9 Å². The van der Waals surface area contributed by atoms with Gasteiger partial charge in [0, 0.05) is 40.6 Å². The summed E-state index contributed by atoms with van der Waals surface area (Å²) in [6.07, 6.45) is 7.55. The van der Waals surface area contributed by atoms with Crippen molar-refractivity contribution in [2.45, 2.75) is 66.1 Å². The summed E-state index contributed by atoms with van der Waals surface area (Å²) in [5.74, 6) is 0.409. The second-order valence-electron chi connectivity index (χ2n) is 9.84. The first-order valence-electron chi connectivity index (χ1n) is 15.5. The summed E-state index contributed by atoms with van der Waals surface area (Å²) in [5.41, 5.74) is 1.56. The molecule has 38 heavy (non-hydrogen) atoms. The van der Waals surface area contributed by atoms with Crippen LogP contribution in [0.1, 0.15) is 77.3 Å². The van der Waals surface area contributed by atoms with E-state index in [4.69, 9.17) is 13.3 Å². The first kappa shape index (κ1) is 22.0. The summed E-state index contributed by atoms with van der Waals surface area (Å²) in [6.45, 7) is 0.0279. The van der Waals surface area contributed by atoms with Crippen LogP contribution in [0, 0.1) is 31.5 Å². The van der Waals surface area contributed by atoms with Crippen molar-refractivity contribution in [2.24, 2.45) is 5.92 Å². The molecule has 1 N–H and O–H groups in total. The van der Waals surface area contributed by atoms with Crippen LogP contribution in [0.4, 0.5) is 4.39 Å². The summed E-state index contributed by atoms with van der Waals surface area (Å²) < 4.78 is 61.7. The molecule has 1 radical (unpaired) electrons. The average Bonchev–Trinajstić information content (AvgIpc) is 3.45. The quantitative estimate of drug-likeness (QED) is 0.101. The third-order valence-corrected chi connectivity index (χ3v) is 6.99. The van der Waals surface area contributed by atoms with E-state index in [-0.39, 0.29) is 54.5 Å². The largest absolute Gasteiger partial charge is 0.512 e. The topological polar surface area (TPSA) is 50.2 Å². The fourth-order valence-corrected chi connectivity index (χ4v) is 5.38. The third-order valence-electron chi connectivity index (χ3n) is 6.99. The molecule has 1 aliphatic carbocycles. The zero-order chi connectivity index (χ0) is 31.7. The summed E-state index contributed by atoms with van der Waals surface area (Å²) in [4.78, 5) is 14.6. The van der Waals surface area contributed by atoms with E-state index in [1.807, 2.05) is 6.07 Å². The molecule has 4 aromatic rings. The van der Waals surface area contributed by atoms with Gasteiger partial charge in [0.25, 0.3) is 0 Å². The number of halogens is 1. The maximum Gasteiger partial charge on any atom is 0.155 e. The Labute approximate surface area is 247 Å². The molecule has 5 heteroatoms. The standard InChI is InChI=1S/C28H27FN.C5H8O2.Ir/c1-17-12-18(2)14-22(13-17)28-27-21(10-11-30-28)15-25(19(3)20-6-4-5-7-20)26-16-23(29)8-9-24(26)27;1-4(6)3-5(2)7;/h8-13,15-16,19-20H,4-7H2,1-3H3;3,6H,1-2H3;/q-1;;/b;4-3-;/i1D3,2D3;;. The smallest absolute Gasteiger partial charge is 0.155 e. The monoisotopic (exact) mass is 695 g/mol. The van der Waals surface area contributed by atoms with Crippen molar-refractivity contribution in [3.8, 4) is 11.3 Å². The average molecular weight is 695 g/mol. The van der Waals surface area contributed by atoms with Crippen LogP contribution in [0.2, 0.25) is 0 Å². The van der Waals surface area contributed by atoms with Crippen molar-refractivity contribution >= 4 is 27.3 Å². The number of ketones is 1. The molecule has 1 aliphatic rings.